The van der Waals surface area contributed by atoms with Crippen LogP contribution >= 0.6 is 0 Å². The lowest BCUT2D eigenvalue weighted by atomic mass is 10.1. The number of aromatic amines is 1. The Kier molecular flexibility index (Phi) is 2.11. The summed E-state index contributed by atoms with van der Waals surface area (Å²) in [6.45, 7) is 0. The quantitative estimate of drug-likeness (QED) is 0.723. The summed E-state index contributed by atoms with van der Waals surface area (Å²) in [6, 6.07) is 5.77. The van der Waals surface area contributed by atoms with Gasteiger partial charge < -0.3 is 9.40 Å². The number of rotatable bonds is 2. The van der Waals surface area contributed by atoms with E-state index in [9.17, 15) is 4.79 Å². The van der Waals surface area contributed by atoms with E-state index in [4.69, 9.17) is 4.42 Å². The number of hydrogen-bond donors (Lipinski definition) is 1. The number of nitrogens with one attached hydrogen (secondary N) is 1. The topological polar surface area (TPSA) is 63.8 Å². The van der Waals surface area contributed by atoms with Crippen LogP contribution in [0.2, 0.25) is 0 Å². The number of aryl methyl sites for hydroxylation is 1. The highest BCUT2D eigenvalue weighted by molar-refractivity contribution is 5.73. The van der Waals surface area contributed by atoms with Gasteiger partial charge in [0.25, 0.3) is 0 Å². The van der Waals surface area contributed by atoms with Crippen LogP contribution in [0.15, 0.2) is 39.9 Å². The summed E-state index contributed by atoms with van der Waals surface area (Å²) in [5.74, 6) is -0.335. The molecule has 1 N–H and O–H groups in total. The SMILES string of the molecule is Cn1c(=O)oc2cc(Cc3cnc[nH]3)ccc21. The molecule has 0 saturated heterocycles. The number of fused-ring (bicyclic) bond motifs is 1. The molecule has 2 heterocycles. The van der Waals surface area contributed by atoms with E-state index in [1.165, 1.54) is 4.57 Å². The highest BCUT2D eigenvalue weighted by atomic mass is 16.4. The third-order valence-corrected chi connectivity index (χ3v) is 2.81. The van der Waals surface area contributed by atoms with Gasteiger partial charge in [0.1, 0.15) is 0 Å². The second-order valence-corrected chi connectivity index (χ2v) is 3.98. The lowest BCUT2D eigenvalue weighted by molar-refractivity contribution is 0.528. The van der Waals surface area contributed by atoms with Crippen LogP contribution in [0.1, 0.15) is 11.3 Å². The van der Waals surface area contributed by atoms with Crippen LogP contribution in [0.3, 0.4) is 0 Å². The first-order valence-corrected chi connectivity index (χ1v) is 5.30. The van der Waals surface area contributed by atoms with E-state index in [0.29, 0.717) is 5.58 Å². The molecule has 0 aliphatic rings. The molecule has 3 rings (SSSR count). The maximum Gasteiger partial charge on any atom is 0.419 e. The minimum Gasteiger partial charge on any atom is -0.408 e. The summed E-state index contributed by atoms with van der Waals surface area (Å²) in [7, 11) is 1.70. The monoisotopic (exact) mass is 229 g/mol. The average Bonchev–Trinajstić information content (AvgIpc) is 2.89. The molecule has 0 atom stereocenters. The minimum absolute atomic E-state index is 0.335. The summed E-state index contributed by atoms with van der Waals surface area (Å²) in [5, 5.41) is 0. The average molecular weight is 229 g/mol. The molecule has 3 aromatic rings. The zero-order valence-electron chi connectivity index (χ0n) is 9.30. The largest absolute Gasteiger partial charge is 0.419 e. The number of H-pyrrole nitrogens is 1. The third-order valence-electron chi connectivity index (χ3n) is 2.81. The van der Waals surface area contributed by atoms with Crippen LogP contribution in [-0.4, -0.2) is 14.5 Å². The van der Waals surface area contributed by atoms with Crippen molar-refractivity contribution in [2.45, 2.75) is 6.42 Å². The Labute approximate surface area is 96.7 Å². The van der Waals surface area contributed by atoms with Gasteiger partial charge >= 0.3 is 5.76 Å². The van der Waals surface area contributed by atoms with Crippen LogP contribution in [0.5, 0.6) is 0 Å². The lowest BCUT2D eigenvalue weighted by Crippen LogP contribution is -2.08. The molecule has 0 bridgehead atoms. The third kappa shape index (κ3) is 1.65. The Morgan fingerprint density at radius 3 is 3.12 bits per heavy atom. The van der Waals surface area contributed by atoms with Gasteiger partial charge in [0.2, 0.25) is 0 Å². The first kappa shape index (κ1) is 9.89. The van der Waals surface area contributed by atoms with Gasteiger partial charge in [-0.05, 0) is 17.7 Å². The summed E-state index contributed by atoms with van der Waals surface area (Å²) in [6.07, 6.45) is 4.18. The molecule has 0 spiro atoms. The molecule has 0 radical (unpaired) electrons. The highest BCUT2D eigenvalue weighted by Crippen LogP contribution is 2.16. The van der Waals surface area contributed by atoms with Crippen molar-refractivity contribution in [3.63, 3.8) is 0 Å². The van der Waals surface area contributed by atoms with Gasteiger partial charge in [-0.2, -0.15) is 0 Å². The molecule has 0 unspecified atom stereocenters. The second-order valence-electron chi connectivity index (χ2n) is 3.98. The minimum atomic E-state index is -0.335. The number of aromatic nitrogens is 3. The van der Waals surface area contributed by atoms with Gasteiger partial charge in [-0.25, -0.2) is 9.78 Å². The van der Waals surface area contributed by atoms with Gasteiger partial charge in [-0.1, -0.05) is 6.07 Å². The van der Waals surface area contributed by atoms with Crippen LogP contribution in [0.25, 0.3) is 11.1 Å². The van der Waals surface area contributed by atoms with E-state index < -0.39 is 0 Å². The molecule has 5 heteroatoms. The fraction of sp³-hybridized carbons (Fsp3) is 0.167. The van der Waals surface area contributed by atoms with E-state index in [2.05, 4.69) is 9.97 Å². The van der Waals surface area contributed by atoms with Crippen LogP contribution in [-0.2, 0) is 13.5 Å². The Balaban J connectivity index is 2.05. The highest BCUT2D eigenvalue weighted by Gasteiger charge is 2.06. The van der Waals surface area contributed by atoms with Crippen LogP contribution in [0.4, 0.5) is 0 Å². The Morgan fingerprint density at radius 1 is 1.47 bits per heavy atom. The summed E-state index contributed by atoms with van der Waals surface area (Å²) in [4.78, 5) is 18.4. The molecular formula is C12H11N3O2. The van der Waals surface area contributed by atoms with Crippen molar-refractivity contribution in [2.75, 3.05) is 0 Å². The fourth-order valence-corrected chi connectivity index (χ4v) is 1.89. The van der Waals surface area contributed by atoms with E-state index in [-0.39, 0.29) is 5.76 Å². The van der Waals surface area contributed by atoms with E-state index in [1.807, 2.05) is 18.2 Å². The summed E-state index contributed by atoms with van der Waals surface area (Å²) in [5.41, 5.74) is 3.54. The molecule has 2 aromatic heterocycles. The van der Waals surface area contributed by atoms with Crippen molar-refractivity contribution < 1.29 is 4.42 Å². The van der Waals surface area contributed by atoms with E-state index >= 15 is 0 Å². The van der Waals surface area contributed by atoms with Crippen LogP contribution in [0, 0.1) is 0 Å². The number of oxazole rings is 1. The van der Waals surface area contributed by atoms with Crippen molar-refractivity contribution in [2.24, 2.45) is 7.05 Å². The Hall–Kier alpha value is -2.30. The number of nitrogens with zero attached hydrogens (tertiary/aromatic N) is 2. The molecule has 1 aromatic carbocycles. The molecule has 0 aliphatic carbocycles. The first-order valence-electron chi connectivity index (χ1n) is 5.30. The maximum atomic E-state index is 11.3. The molecular weight excluding hydrogens is 218 g/mol. The predicted molar refractivity (Wildman–Crippen MR) is 62.8 cm³/mol. The molecule has 0 amide bonds. The van der Waals surface area contributed by atoms with Crippen LogP contribution < -0.4 is 5.76 Å². The second kappa shape index (κ2) is 3.62. The Morgan fingerprint density at radius 2 is 2.35 bits per heavy atom. The van der Waals surface area contributed by atoms with Gasteiger partial charge in [0, 0.05) is 25.4 Å². The van der Waals surface area contributed by atoms with E-state index in [0.717, 1.165) is 23.2 Å². The van der Waals surface area contributed by atoms with Crippen molar-refractivity contribution >= 4 is 11.1 Å². The first-order chi connectivity index (χ1) is 8.24. The van der Waals surface area contributed by atoms with Crippen molar-refractivity contribution in [1.29, 1.82) is 0 Å². The van der Waals surface area contributed by atoms with Gasteiger partial charge in [0.15, 0.2) is 5.58 Å². The maximum absolute atomic E-state index is 11.3. The standard InChI is InChI=1S/C12H11N3O2/c1-15-10-3-2-8(4-9-6-13-7-14-9)5-11(10)17-12(15)16/h2-3,5-7H,4H2,1H3,(H,13,14). The number of hydrogen-bond acceptors (Lipinski definition) is 3. The normalized spacial score (nSPS) is 11.1. The number of imidazole rings is 1. The molecule has 17 heavy (non-hydrogen) atoms. The van der Waals surface area contributed by atoms with Crippen molar-refractivity contribution in [1.82, 2.24) is 14.5 Å². The lowest BCUT2D eigenvalue weighted by Gasteiger charge is -1.98. The van der Waals surface area contributed by atoms with Crippen molar-refractivity contribution in [3.05, 3.63) is 52.5 Å². The molecule has 86 valence electrons. The van der Waals surface area contributed by atoms with E-state index in [1.54, 1.807) is 19.6 Å². The van der Waals surface area contributed by atoms with Gasteiger partial charge in [-0.3, -0.25) is 4.57 Å². The smallest absolute Gasteiger partial charge is 0.408 e. The van der Waals surface area contributed by atoms with Crippen molar-refractivity contribution in [3.8, 4) is 0 Å². The molecule has 0 fully saturated rings. The van der Waals surface area contributed by atoms with Gasteiger partial charge in [-0.15, -0.1) is 0 Å². The molecule has 0 aliphatic heterocycles. The zero-order valence-corrected chi connectivity index (χ0v) is 9.30. The molecule has 5 nitrogen and oxygen atoms in total. The Bertz CT molecular complexity index is 707. The summed E-state index contributed by atoms with van der Waals surface area (Å²) >= 11 is 0. The van der Waals surface area contributed by atoms with Gasteiger partial charge in [0.05, 0.1) is 11.8 Å². The number of benzene rings is 1. The fourth-order valence-electron chi connectivity index (χ4n) is 1.89. The summed E-state index contributed by atoms with van der Waals surface area (Å²) < 4.78 is 6.64. The molecule has 0 saturated carbocycles. The zero-order chi connectivity index (χ0) is 11.8. The predicted octanol–water partition coefficient (Wildman–Crippen LogP) is 1.45.